The molecule has 0 atom stereocenters. The first-order valence-corrected chi connectivity index (χ1v) is 15.7. The fourth-order valence-electron chi connectivity index (χ4n) is 6.31. The van der Waals surface area contributed by atoms with Gasteiger partial charge in [0.25, 0.3) is 0 Å². The van der Waals surface area contributed by atoms with Crippen LogP contribution >= 0.6 is 11.8 Å². The molecule has 0 saturated heterocycles. The molecule has 2 aliphatic carbocycles. The van der Waals surface area contributed by atoms with E-state index in [4.69, 9.17) is 9.72 Å². The van der Waals surface area contributed by atoms with Crippen molar-refractivity contribution in [2.24, 2.45) is 0 Å². The van der Waals surface area contributed by atoms with Gasteiger partial charge in [-0.15, -0.1) is 0 Å². The highest BCUT2D eigenvalue weighted by Gasteiger charge is 2.32. The predicted molar refractivity (Wildman–Crippen MR) is 162 cm³/mol. The number of nitriles is 1. The molecule has 0 N–H and O–H groups in total. The minimum Gasteiger partial charge on any atom is -0.496 e. The largest absolute Gasteiger partial charge is 0.496 e. The molecule has 0 spiro atoms. The van der Waals surface area contributed by atoms with E-state index in [0.717, 1.165) is 48.1 Å². The Hall–Kier alpha value is -3.30. The van der Waals surface area contributed by atoms with Gasteiger partial charge in [-0.05, 0) is 44.7 Å². The fraction of sp³-hybridized carbons (Fsp3) is 0.441. The molecule has 0 aliphatic heterocycles. The molecule has 1 heterocycles. The van der Waals surface area contributed by atoms with Crippen molar-refractivity contribution in [2.75, 3.05) is 12.9 Å². The summed E-state index contributed by atoms with van der Waals surface area (Å²) in [5, 5.41) is 11.0. The summed E-state index contributed by atoms with van der Waals surface area (Å²) in [6, 6.07) is 21.1. The van der Waals surface area contributed by atoms with Gasteiger partial charge in [-0.3, -0.25) is 4.79 Å². The van der Waals surface area contributed by atoms with Crippen molar-refractivity contribution < 1.29 is 9.53 Å². The number of methoxy groups -OCH3 is 1. The highest BCUT2D eigenvalue weighted by Crippen LogP contribution is 2.39. The van der Waals surface area contributed by atoms with Crippen LogP contribution < -0.4 is 4.74 Å². The zero-order chi connectivity index (χ0) is 27.9. The molecule has 0 radical (unpaired) electrons. The first-order chi connectivity index (χ1) is 19.6. The molecule has 208 valence electrons. The van der Waals surface area contributed by atoms with Gasteiger partial charge in [0, 0.05) is 28.8 Å². The zero-order valence-corrected chi connectivity index (χ0v) is 24.5. The number of hydrogen-bond acceptors (Lipinski definition) is 5. The summed E-state index contributed by atoms with van der Waals surface area (Å²) < 4.78 is 5.67. The molecular weight excluding hydrogens is 514 g/mol. The van der Waals surface area contributed by atoms with Crippen molar-refractivity contribution in [3.8, 4) is 34.2 Å². The van der Waals surface area contributed by atoms with Gasteiger partial charge in [0.15, 0.2) is 0 Å². The Morgan fingerprint density at radius 3 is 2.17 bits per heavy atom. The van der Waals surface area contributed by atoms with Gasteiger partial charge in [0.05, 0.1) is 24.1 Å². The van der Waals surface area contributed by atoms with Crippen LogP contribution in [-0.4, -0.2) is 40.7 Å². The van der Waals surface area contributed by atoms with Crippen molar-refractivity contribution >= 4 is 17.7 Å². The summed E-state index contributed by atoms with van der Waals surface area (Å²) in [5.41, 5.74) is 5.04. The summed E-state index contributed by atoms with van der Waals surface area (Å²) >= 11 is 1.40. The van der Waals surface area contributed by atoms with Crippen molar-refractivity contribution in [1.82, 2.24) is 9.88 Å². The minimum atomic E-state index is 0.189. The molecule has 1 amide bonds. The van der Waals surface area contributed by atoms with Crippen molar-refractivity contribution in [3.63, 3.8) is 0 Å². The summed E-state index contributed by atoms with van der Waals surface area (Å²) in [4.78, 5) is 21.2. The molecule has 5 nitrogen and oxygen atoms in total. The third-order valence-corrected chi connectivity index (χ3v) is 9.36. The average Bonchev–Trinajstić information content (AvgIpc) is 3.01. The Bertz CT molecular complexity index is 1330. The van der Waals surface area contributed by atoms with Crippen molar-refractivity contribution in [1.29, 1.82) is 5.26 Å². The van der Waals surface area contributed by atoms with Gasteiger partial charge in [0.2, 0.25) is 5.91 Å². The number of para-hydroxylation sites is 1. The Morgan fingerprint density at radius 2 is 1.57 bits per heavy atom. The molecule has 1 aromatic heterocycles. The van der Waals surface area contributed by atoms with Gasteiger partial charge < -0.3 is 9.64 Å². The topological polar surface area (TPSA) is 66.2 Å². The Balaban J connectivity index is 1.50. The molecule has 40 heavy (non-hydrogen) atoms. The third-order valence-electron chi connectivity index (χ3n) is 8.40. The Morgan fingerprint density at radius 1 is 0.950 bits per heavy atom. The lowest BCUT2D eigenvalue weighted by atomic mass is 9.88. The summed E-state index contributed by atoms with van der Waals surface area (Å²) in [6.45, 7) is 2.06. The minimum absolute atomic E-state index is 0.189. The van der Waals surface area contributed by atoms with Crippen LogP contribution in [0.15, 0.2) is 59.6 Å². The highest BCUT2D eigenvalue weighted by molar-refractivity contribution is 8.00. The third kappa shape index (κ3) is 6.36. The number of amides is 1. The van der Waals surface area contributed by atoms with E-state index in [1.165, 1.54) is 55.9 Å². The van der Waals surface area contributed by atoms with E-state index >= 15 is 0 Å². The van der Waals surface area contributed by atoms with Gasteiger partial charge in [-0.1, -0.05) is 98.3 Å². The predicted octanol–water partition coefficient (Wildman–Crippen LogP) is 8.19. The molecular formula is C34H39N3O2S. The number of thioether (sulfide) groups is 1. The first-order valence-electron chi connectivity index (χ1n) is 14.7. The second-order valence-corrected chi connectivity index (χ2v) is 12.1. The Kier molecular flexibility index (Phi) is 9.44. The number of ether oxygens (including phenoxy) is 1. The maximum Gasteiger partial charge on any atom is 0.233 e. The van der Waals surface area contributed by atoms with Crippen LogP contribution in [0.25, 0.3) is 22.4 Å². The number of rotatable bonds is 8. The molecule has 2 fully saturated rings. The number of aryl methyl sites for hydroxylation is 1. The second kappa shape index (κ2) is 13.4. The summed E-state index contributed by atoms with van der Waals surface area (Å²) in [6.07, 6.45) is 11.8. The first kappa shape index (κ1) is 28.2. The number of aromatic nitrogens is 1. The van der Waals surface area contributed by atoms with E-state index in [1.807, 2.05) is 30.3 Å². The van der Waals surface area contributed by atoms with E-state index in [-0.39, 0.29) is 11.7 Å². The van der Waals surface area contributed by atoms with Gasteiger partial charge >= 0.3 is 0 Å². The van der Waals surface area contributed by atoms with Crippen LogP contribution in [0.2, 0.25) is 0 Å². The van der Waals surface area contributed by atoms with Crippen LogP contribution in [0.4, 0.5) is 0 Å². The van der Waals surface area contributed by atoms with Crippen LogP contribution in [0, 0.1) is 18.3 Å². The lowest BCUT2D eigenvalue weighted by molar-refractivity contribution is -0.135. The highest BCUT2D eigenvalue weighted by atomic mass is 32.2. The van der Waals surface area contributed by atoms with Crippen LogP contribution in [0.1, 0.15) is 75.3 Å². The molecule has 6 heteroatoms. The van der Waals surface area contributed by atoms with E-state index in [0.29, 0.717) is 28.4 Å². The normalized spacial score (nSPS) is 16.3. The lowest BCUT2D eigenvalue weighted by Crippen LogP contribution is -2.49. The van der Waals surface area contributed by atoms with Gasteiger partial charge in [-0.2, -0.15) is 5.26 Å². The van der Waals surface area contributed by atoms with Gasteiger partial charge in [-0.25, -0.2) is 4.98 Å². The smallest absolute Gasteiger partial charge is 0.233 e. The summed E-state index contributed by atoms with van der Waals surface area (Å²) in [7, 11) is 1.65. The van der Waals surface area contributed by atoms with Crippen LogP contribution in [-0.2, 0) is 4.79 Å². The molecule has 5 rings (SSSR count). The van der Waals surface area contributed by atoms with E-state index in [2.05, 4.69) is 42.2 Å². The monoisotopic (exact) mass is 553 g/mol. The molecule has 2 saturated carbocycles. The SMILES string of the molecule is COc1ccccc1-c1cc(-c2ccc(C)cc2)nc(SCC(=O)N(C2CCCCC2)C2CCCCC2)c1C#N. The number of carbonyl (C=O) groups is 1. The number of hydrogen-bond donors (Lipinski definition) is 0. The average molecular weight is 554 g/mol. The zero-order valence-electron chi connectivity index (χ0n) is 23.7. The molecule has 3 aromatic rings. The second-order valence-electron chi connectivity index (χ2n) is 11.1. The summed E-state index contributed by atoms with van der Waals surface area (Å²) in [5.74, 6) is 1.18. The maximum atomic E-state index is 13.9. The molecule has 0 unspecified atom stereocenters. The number of pyridine rings is 1. The molecule has 0 bridgehead atoms. The van der Waals surface area contributed by atoms with Gasteiger partial charge in [0.1, 0.15) is 16.8 Å². The van der Waals surface area contributed by atoms with Crippen molar-refractivity contribution in [3.05, 3.63) is 65.7 Å². The standard InChI is InChI=1S/C34H39N3O2S/c1-24-17-19-25(20-18-24)31-21-29(28-15-9-10-16-32(28)39-2)30(22-35)34(36-31)40-23-33(38)37(26-11-5-3-6-12-26)27-13-7-4-8-14-27/h9-10,15-21,26-27H,3-8,11-14,23H2,1-2H3. The number of benzene rings is 2. The van der Waals surface area contributed by atoms with Crippen molar-refractivity contribution in [2.45, 2.75) is 88.2 Å². The van der Waals surface area contributed by atoms with E-state index in [9.17, 15) is 10.1 Å². The molecule has 2 aliphatic rings. The van der Waals surface area contributed by atoms with Crippen LogP contribution in [0.5, 0.6) is 5.75 Å². The van der Waals surface area contributed by atoms with E-state index in [1.54, 1.807) is 7.11 Å². The van der Waals surface area contributed by atoms with Crippen LogP contribution in [0.3, 0.4) is 0 Å². The maximum absolute atomic E-state index is 13.9. The fourth-order valence-corrected chi connectivity index (χ4v) is 7.19. The lowest BCUT2D eigenvalue weighted by Gasteiger charge is -2.41. The number of carbonyl (C=O) groups excluding carboxylic acids is 1. The van der Waals surface area contributed by atoms with E-state index < -0.39 is 0 Å². The Labute approximate surface area is 243 Å². The number of nitrogens with zero attached hydrogens (tertiary/aromatic N) is 3. The quantitative estimate of drug-likeness (QED) is 0.263. The molecule has 2 aromatic carbocycles.